The van der Waals surface area contributed by atoms with E-state index in [9.17, 15) is 9.90 Å². The molecule has 0 aromatic heterocycles. The number of fused-ring (bicyclic) bond motifs is 1. The molecule has 0 spiro atoms. The number of carbonyl (C=O) groups is 1. The molecule has 2 heterocycles. The van der Waals surface area contributed by atoms with Gasteiger partial charge in [0.2, 0.25) is 5.91 Å². The normalized spacial score (nSPS) is 28.1. The quantitative estimate of drug-likeness (QED) is 0.892. The minimum atomic E-state index is -0.390. The molecule has 1 N–H and O–H groups in total. The third-order valence-corrected chi connectivity index (χ3v) is 5.97. The lowest BCUT2D eigenvalue weighted by molar-refractivity contribution is -0.132. The van der Waals surface area contributed by atoms with E-state index in [1.807, 2.05) is 4.90 Å². The van der Waals surface area contributed by atoms with Crippen LogP contribution in [-0.4, -0.2) is 72.4 Å². The van der Waals surface area contributed by atoms with E-state index in [0.29, 0.717) is 31.5 Å². The van der Waals surface area contributed by atoms with Gasteiger partial charge in [-0.15, -0.1) is 0 Å². The van der Waals surface area contributed by atoms with Crippen LogP contribution in [0.25, 0.3) is 0 Å². The second kappa shape index (κ2) is 7.44. The van der Waals surface area contributed by atoms with Crippen LogP contribution in [0.5, 0.6) is 0 Å². The third kappa shape index (κ3) is 3.73. The average Bonchev–Trinajstić information content (AvgIpc) is 3.12. The first-order valence-electron chi connectivity index (χ1n) is 9.55. The van der Waals surface area contributed by atoms with Crippen molar-refractivity contribution in [3.8, 4) is 0 Å². The van der Waals surface area contributed by atoms with E-state index < -0.39 is 0 Å². The topological polar surface area (TPSA) is 53.0 Å². The van der Waals surface area contributed by atoms with Crippen LogP contribution in [-0.2, 0) is 22.4 Å². The molecular formula is C20H28N2O3. The molecule has 0 unspecified atom stereocenters. The minimum absolute atomic E-state index is 0.0967. The summed E-state index contributed by atoms with van der Waals surface area (Å²) in [6.45, 7) is 4.41. The number of carbonyl (C=O) groups excluding carboxylic acids is 1. The van der Waals surface area contributed by atoms with Gasteiger partial charge in [0.05, 0.1) is 25.4 Å². The summed E-state index contributed by atoms with van der Waals surface area (Å²) in [5.74, 6) is 0.747. The van der Waals surface area contributed by atoms with Crippen LogP contribution in [0.15, 0.2) is 24.3 Å². The van der Waals surface area contributed by atoms with Crippen LogP contribution >= 0.6 is 0 Å². The molecule has 3 aliphatic rings. The molecule has 1 amide bonds. The van der Waals surface area contributed by atoms with Crippen LogP contribution < -0.4 is 0 Å². The van der Waals surface area contributed by atoms with Gasteiger partial charge in [0.25, 0.3) is 0 Å². The molecule has 1 aliphatic carbocycles. The van der Waals surface area contributed by atoms with Crippen LogP contribution in [0.3, 0.4) is 0 Å². The number of hydrogen-bond donors (Lipinski definition) is 1. The molecule has 0 bridgehead atoms. The smallest absolute Gasteiger partial charge is 0.222 e. The Morgan fingerprint density at radius 3 is 2.52 bits per heavy atom. The summed E-state index contributed by atoms with van der Waals surface area (Å²) < 4.78 is 5.38. The minimum Gasteiger partial charge on any atom is -0.389 e. The van der Waals surface area contributed by atoms with Crippen molar-refractivity contribution in [2.24, 2.45) is 5.92 Å². The lowest BCUT2D eigenvalue weighted by atomic mass is 10.0. The van der Waals surface area contributed by atoms with Crippen molar-refractivity contribution in [2.45, 2.75) is 37.8 Å². The van der Waals surface area contributed by atoms with Gasteiger partial charge in [0, 0.05) is 32.6 Å². The molecule has 0 saturated carbocycles. The Balaban J connectivity index is 1.30. The molecule has 5 nitrogen and oxygen atoms in total. The van der Waals surface area contributed by atoms with Gasteiger partial charge in [-0.25, -0.2) is 0 Å². The number of nitrogens with zero attached hydrogens (tertiary/aromatic N) is 2. The first-order valence-corrected chi connectivity index (χ1v) is 9.55. The SMILES string of the molecule is O=C(CC1Cc2ccccc2C1)N1CCCN([C@H]2COC[C@@H]2O)CC1. The fourth-order valence-electron chi connectivity index (χ4n) is 4.57. The Labute approximate surface area is 149 Å². The van der Waals surface area contributed by atoms with Gasteiger partial charge < -0.3 is 14.7 Å². The predicted octanol–water partition coefficient (Wildman–Crippen LogP) is 1.09. The lowest BCUT2D eigenvalue weighted by Crippen LogP contribution is -2.45. The second-order valence-corrected chi connectivity index (χ2v) is 7.69. The predicted molar refractivity (Wildman–Crippen MR) is 95.3 cm³/mol. The van der Waals surface area contributed by atoms with Gasteiger partial charge >= 0.3 is 0 Å². The van der Waals surface area contributed by atoms with Crippen molar-refractivity contribution in [3.63, 3.8) is 0 Å². The molecule has 4 rings (SSSR count). The van der Waals surface area contributed by atoms with Crippen molar-refractivity contribution in [2.75, 3.05) is 39.4 Å². The third-order valence-electron chi connectivity index (χ3n) is 5.97. The molecule has 2 saturated heterocycles. The summed E-state index contributed by atoms with van der Waals surface area (Å²) in [5.41, 5.74) is 2.83. The zero-order valence-electron chi connectivity index (χ0n) is 14.8. The van der Waals surface area contributed by atoms with Crippen LogP contribution in [0.4, 0.5) is 0 Å². The highest BCUT2D eigenvalue weighted by Crippen LogP contribution is 2.29. The molecule has 0 radical (unpaired) electrons. The van der Waals surface area contributed by atoms with Crippen LogP contribution in [0, 0.1) is 5.92 Å². The van der Waals surface area contributed by atoms with Crippen LogP contribution in [0.1, 0.15) is 24.0 Å². The first kappa shape index (κ1) is 17.0. The highest BCUT2D eigenvalue weighted by Gasteiger charge is 2.33. The van der Waals surface area contributed by atoms with Gasteiger partial charge in [-0.2, -0.15) is 0 Å². The van der Waals surface area contributed by atoms with E-state index in [4.69, 9.17) is 4.74 Å². The fraction of sp³-hybridized carbons (Fsp3) is 0.650. The van der Waals surface area contributed by atoms with Crippen molar-refractivity contribution in [3.05, 3.63) is 35.4 Å². The van der Waals surface area contributed by atoms with E-state index in [1.165, 1.54) is 11.1 Å². The van der Waals surface area contributed by atoms with E-state index in [2.05, 4.69) is 29.2 Å². The molecule has 1 aromatic carbocycles. The Morgan fingerprint density at radius 2 is 1.84 bits per heavy atom. The summed E-state index contributed by atoms with van der Waals surface area (Å²) in [6, 6.07) is 8.66. The molecule has 25 heavy (non-hydrogen) atoms. The summed E-state index contributed by atoms with van der Waals surface area (Å²) >= 11 is 0. The fourth-order valence-corrected chi connectivity index (χ4v) is 4.57. The van der Waals surface area contributed by atoms with E-state index in [-0.39, 0.29) is 12.1 Å². The van der Waals surface area contributed by atoms with E-state index in [1.54, 1.807) is 0 Å². The maximum atomic E-state index is 12.8. The summed E-state index contributed by atoms with van der Waals surface area (Å²) in [5, 5.41) is 10.0. The van der Waals surface area contributed by atoms with E-state index in [0.717, 1.165) is 45.4 Å². The summed E-state index contributed by atoms with van der Waals surface area (Å²) in [4.78, 5) is 17.1. The van der Waals surface area contributed by atoms with Gasteiger partial charge in [-0.1, -0.05) is 24.3 Å². The Kier molecular flexibility index (Phi) is 5.06. The van der Waals surface area contributed by atoms with Crippen molar-refractivity contribution < 1.29 is 14.6 Å². The number of amides is 1. The van der Waals surface area contributed by atoms with E-state index >= 15 is 0 Å². The average molecular weight is 344 g/mol. The molecule has 136 valence electrons. The summed E-state index contributed by atoms with van der Waals surface area (Å²) in [7, 11) is 0. The zero-order valence-corrected chi connectivity index (χ0v) is 14.8. The van der Waals surface area contributed by atoms with Crippen molar-refractivity contribution in [1.82, 2.24) is 9.80 Å². The Bertz CT molecular complexity index is 596. The highest BCUT2D eigenvalue weighted by molar-refractivity contribution is 5.76. The van der Waals surface area contributed by atoms with Gasteiger partial charge in [-0.3, -0.25) is 9.69 Å². The number of benzene rings is 1. The molecule has 5 heteroatoms. The molecule has 1 aromatic rings. The first-order chi connectivity index (χ1) is 12.2. The maximum absolute atomic E-state index is 12.8. The number of aliphatic hydroxyl groups is 1. The van der Waals surface area contributed by atoms with Gasteiger partial charge in [0.15, 0.2) is 0 Å². The van der Waals surface area contributed by atoms with Gasteiger partial charge in [-0.05, 0) is 36.3 Å². The molecule has 2 atom stereocenters. The monoisotopic (exact) mass is 344 g/mol. The van der Waals surface area contributed by atoms with Crippen LogP contribution in [0.2, 0.25) is 0 Å². The molecule has 2 aliphatic heterocycles. The zero-order chi connectivity index (χ0) is 17.2. The van der Waals surface area contributed by atoms with Crippen molar-refractivity contribution >= 4 is 5.91 Å². The number of rotatable bonds is 3. The Hall–Kier alpha value is -1.43. The summed E-state index contributed by atoms with van der Waals surface area (Å²) in [6.07, 6.45) is 3.31. The lowest BCUT2D eigenvalue weighted by Gasteiger charge is -2.28. The maximum Gasteiger partial charge on any atom is 0.222 e. The van der Waals surface area contributed by atoms with Crippen molar-refractivity contribution in [1.29, 1.82) is 0 Å². The number of hydrogen-bond acceptors (Lipinski definition) is 4. The molecule has 2 fully saturated rings. The molecular weight excluding hydrogens is 316 g/mol. The van der Waals surface area contributed by atoms with Gasteiger partial charge in [0.1, 0.15) is 0 Å². The number of aliphatic hydroxyl groups excluding tert-OH is 1. The largest absolute Gasteiger partial charge is 0.389 e. The standard InChI is InChI=1S/C20H28N2O3/c23-19-14-25-13-18(19)21-6-3-7-22(9-8-21)20(24)12-15-10-16-4-1-2-5-17(16)11-15/h1-2,4-5,15,18-19,23H,3,6-14H2/t18-,19-/m0/s1. The Morgan fingerprint density at radius 1 is 1.08 bits per heavy atom. The number of ether oxygens (including phenoxy) is 1. The highest BCUT2D eigenvalue weighted by atomic mass is 16.5. The second-order valence-electron chi connectivity index (χ2n) is 7.69.